The third-order valence-corrected chi connectivity index (χ3v) is 4.34. The largest absolute Gasteiger partial charge is 0.497 e. The lowest BCUT2D eigenvalue weighted by Gasteiger charge is -2.46. The Balaban J connectivity index is 2.19. The summed E-state index contributed by atoms with van der Waals surface area (Å²) >= 11 is 0. The molecular weight excluding hydrogens is 248 g/mol. The van der Waals surface area contributed by atoms with Crippen LogP contribution in [0.5, 0.6) is 5.75 Å². The van der Waals surface area contributed by atoms with Gasteiger partial charge < -0.3 is 15.0 Å². The summed E-state index contributed by atoms with van der Waals surface area (Å²) in [6.45, 7) is 11.3. The number of hydrogen-bond acceptors (Lipinski definition) is 3. The van der Waals surface area contributed by atoms with Crippen LogP contribution >= 0.6 is 0 Å². The maximum atomic E-state index is 5.25. The summed E-state index contributed by atoms with van der Waals surface area (Å²) in [5.41, 5.74) is 1.58. The Morgan fingerprint density at radius 1 is 1.25 bits per heavy atom. The zero-order valence-corrected chi connectivity index (χ0v) is 13.4. The van der Waals surface area contributed by atoms with Gasteiger partial charge in [-0.3, -0.25) is 0 Å². The normalized spacial score (nSPS) is 23.8. The average Bonchev–Trinajstić information content (AvgIpc) is 2.45. The first-order valence-electron chi connectivity index (χ1n) is 7.59. The van der Waals surface area contributed by atoms with Crippen LogP contribution in [0.1, 0.15) is 34.1 Å². The Labute approximate surface area is 123 Å². The third kappa shape index (κ3) is 3.26. The van der Waals surface area contributed by atoms with Crippen molar-refractivity contribution in [2.45, 2.75) is 46.2 Å². The van der Waals surface area contributed by atoms with Crippen LogP contribution < -0.4 is 15.0 Å². The lowest BCUT2D eigenvalue weighted by atomic mass is 9.84. The third-order valence-electron chi connectivity index (χ3n) is 4.34. The van der Waals surface area contributed by atoms with E-state index in [-0.39, 0.29) is 5.41 Å². The highest BCUT2D eigenvalue weighted by molar-refractivity contribution is 5.50. The highest BCUT2D eigenvalue weighted by Crippen LogP contribution is 2.29. The van der Waals surface area contributed by atoms with Gasteiger partial charge in [-0.2, -0.15) is 0 Å². The Morgan fingerprint density at radius 3 is 2.40 bits per heavy atom. The minimum Gasteiger partial charge on any atom is -0.497 e. The van der Waals surface area contributed by atoms with E-state index in [2.05, 4.69) is 62.2 Å². The van der Waals surface area contributed by atoms with Crippen molar-refractivity contribution < 1.29 is 4.74 Å². The molecule has 1 heterocycles. The molecule has 1 aliphatic rings. The summed E-state index contributed by atoms with van der Waals surface area (Å²) in [5, 5.41) is 3.72. The first-order chi connectivity index (χ1) is 9.45. The SMILES string of the molecule is CCC1CNC(C(C)(C)C)CN1c1ccc(OC)cc1. The number of ether oxygens (including phenoxy) is 1. The lowest BCUT2D eigenvalue weighted by Crippen LogP contribution is -2.60. The molecule has 1 saturated heterocycles. The Bertz CT molecular complexity index is 422. The van der Waals surface area contributed by atoms with E-state index in [1.165, 1.54) is 5.69 Å². The molecule has 0 saturated carbocycles. The van der Waals surface area contributed by atoms with Crippen molar-refractivity contribution in [3.05, 3.63) is 24.3 Å². The van der Waals surface area contributed by atoms with E-state index in [1.54, 1.807) is 7.11 Å². The fourth-order valence-corrected chi connectivity index (χ4v) is 2.83. The number of hydrogen-bond donors (Lipinski definition) is 1. The molecule has 2 atom stereocenters. The number of rotatable bonds is 3. The topological polar surface area (TPSA) is 24.5 Å². The molecule has 0 amide bonds. The monoisotopic (exact) mass is 276 g/mol. The fraction of sp³-hybridized carbons (Fsp3) is 0.647. The van der Waals surface area contributed by atoms with E-state index in [1.807, 2.05) is 0 Å². The van der Waals surface area contributed by atoms with Crippen molar-refractivity contribution >= 4 is 5.69 Å². The molecule has 1 aromatic carbocycles. The second-order valence-electron chi connectivity index (χ2n) is 6.74. The Kier molecular flexibility index (Phi) is 4.59. The molecule has 1 aromatic rings. The van der Waals surface area contributed by atoms with Gasteiger partial charge in [0.1, 0.15) is 5.75 Å². The summed E-state index contributed by atoms with van der Waals surface area (Å²) in [4.78, 5) is 2.55. The van der Waals surface area contributed by atoms with Crippen molar-refractivity contribution in [2.75, 3.05) is 25.1 Å². The van der Waals surface area contributed by atoms with Crippen molar-refractivity contribution in [3.8, 4) is 5.75 Å². The van der Waals surface area contributed by atoms with Gasteiger partial charge in [-0.25, -0.2) is 0 Å². The van der Waals surface area contributed by atoms with E-state index in [0.29, 0.717) is 12.1 Å². The van der Waals surface area contributed by atoms with E-state index in [4.69, 9.17) is 4.74 Å². The number of methoxy groups -OCH3 is 1. The predicted octanol–water partition coefficient (Wildman–Crippen LogP) is 3.30. The van der Waals surface area contributed by atoms with Gasteiger partial charge >= 0.3 is 0 Å². The van der Waals surface area contributed by atoms with Crippen LogP contribution in [-0.4, -0.2) is 32.3 Å². The summed E-state index contributed by atoms with van der Waals surface area (Å²) < 4.78 is 5.25. The maximum Gasteiger partial charge on any atom is 0.119 e. The van der Waals surface area contributed by atoms with Gasteiger partial charge in [0.15, 0.2) is 0 Å². The number of benzene rings is 1. The quantitative estimate of drug-likeness (QED) is 0.917. The van der Waals surface area contributed by atoms with E-state index in [0.717, 1.165) is 25.3 Å². The van der Waals surface area contributed by atoms with Gasteiger partial charge in [0, 0.05) is 30.9 Å². The van der Waals surface area contributed by atoms with Crippen LogP contribution in [0, 0.1) is 5.41 Å². The molecule has 1 N–H and O–H groups in total. The van der Waals surface area contributed by atoms with Gasteiger partial charge in [-0.05, 0) is 36.1 Å². The molecular formula is C17H28N2O. The maximum absolute atomic E-state index is 5.25. The van der Waals surface area contributed by atoms with Crippen molar-refractivity contribution in [1.82, 2.24) is 5.32 Å². The van der Waals surface area contributed by atoms with E-state index in [9.17, 15) is 0 Å². The molecule has 2 rings (SSSR count). The molecule has 0 spiro atoms. The predicted molar refractivity (Wildman–Crippen MR) is 85.7 cm³/mol. The fourth-order valence-electron chi connectivity index (χ4n) is 2.83. The number of nitrogens with zero attached hydrogens (tertiary/aromatic N) is 1. The molecule has 20 heavy (non-hydrogen) atoms. The van der Waals surface area contributed by atoms with E-state index < -0.39 is 0 Å². The molecule has 0 aliphatic carbocycles. The molecule has 3 nitrogen and oxygen atoms in total. The molecule has 0 bridgehead atoms. The second-order valence-corrected chi connectivity index (χ2v) is 6.74. The van der Waals surface area contributed by atoms with Crippen LogP contribution in [0.2, 0.25) is 0 Å². The van der Waals surface area contributed by atoms with Crippen molar-refractivity contribution in [3.63, 3.8) is 0 Å². The summed E-state index contributed by atoms with van der Waals surface area (Å²) in [5.74, 6) is 0.921. The first-order valence-corrected chi connectivity index (χ1v) is 7.59. The summed E-state index contributed by atoms with van der Waals surface area (Å²) in [6.07, 6.45) is 1.16. The average molecular weight is 276 g/mol. The van der Waals surface area contributed by atoms with Gasteiger partial charge in [0.25, 0.3) is 0 Å². The van der Waals surface area contributed by atoms with Gasteiger partial charge in [0.2, 0.25) is 0 Å². The van der Waals surface area contributed by atoms with E-state index >= 15 is 0 Å². The molecule has 3 heteroatoms. The van der Waals surface area contributed by atoms with Crippen LogP contribution in [-0.2, 0) is 0 Å². The Hall–Kier alpha value is -1.22. The van der Waals surface area contributed by atoms with Crippen LogP contribution in [0.15, 0.2) is 24.3 Å². The van der Waals surface area contributed by atoms with Gasteiger partial charge in [-0.1, -0.05) is 27.7 Å². The lowest BCUT2D eigenvalue weighted by molar-refractivity contribution is 0.233. The van der Waals surface area contributed by atoms with Crippen LogP contribution in [0.3, 0.4) is 0 Å². The Morgan fingerprint density at radius 2 is 1.90 bits per heavy atom. The van der Waals surface area contributed by atoms with Crippen LogP contribution in [0.4, 0.5) is 5.69 Å². The zero-order valence-electron chi connectivity index (χ0n) is 13.4. The minimum atomic E-state index is 0.281. The van der Waals surface area contributed by atoms with Crippen molar-refractivity contribution in [2.24, 2.45) is 5.41 Å². The number of piperazine rings is 1. The van der Waals surface area contributed by atoms with Crippen LogP contribution in [0.25, 0.3) is 0 Å². The molecule has 1 fully saturated rings. The van der Waals surface area contributed by atoms with Gasteiger partial charge in [-0.15, -0.1) is 0 Å². The highest BCUT2D eigenvalue weighted by Gasteiger charge is 2.33. The summed E-state index contributed by atoms with van der Waals surface area (Å²) in [7, 11) is 1.71. The summed E-state index contributed by atoms with van der Waals surface area (Å²) in [6, 6.07) is 9.54. The molecule has 1 aliphatic heterocycles. The zero-order chi connectivity index (χ0) is 14.8. The highest BCUT2D eigenvalue weighted by atomic mass is 16.5. The first kappa shape index (κ1) is 15.2. The number of nitrogens with one attached hydrogen (secondary N) is 1. The molecule has 0 radical (unpaired) electrons. The number of anilines is 1. The molecule has 2 unspecified atom stereocenters. The van der Waals surface area contributed by atoms with Crippen molar-refractivity contribution in [1.29, 1.82) is 0 Å². The van der Waals surface area contributed by atoms with Gasteiger partial charge in [0.05, 0.1) is 7.11 Å². The standard InChI is InChI=1S/C17H28N2O/c1-6-13-11-18-16(17(2,3)4)12-19(13)14-7-9-15(20-5)10-8-14/h7-10,13,16,18H,6,11-12H2,1-5H3. The molecule has 112 valence electrons. The minimum absolute atomic E-state index is 0.281. The molecule has 0 aromatic heterocycles. The smallest absolute Gasteiger partial charge is 0.119 e. The second kappa shape index (κ2) is 6.04.